The van der Waals surface area contributed by atoms with Crippen molar-refractivity contribution in [3.05, 3.63) is 0 Å². The van der Waals surface area contributed by atoms with E-state index in [1.807, 2.05) is 16.7 Å². The summed E-state index contributed by atoms with van der Waals surface area (Å²) in [7, 11) is 0. The second-order valence-electron chi connectivity index (χ2n) is 3.31. The summed E-state index contributed by atoms with van der Waals surface area (Å²) >= 11 is 1.89. The fourth-order valence-electron chi connectivity index (χ4n) is 1.42. The highest BCUT2D eigenvalue weighted by Gasteiger charge is 2.20. The first-order valence-electron chi connectivity index (χ1n) is 4.81. The maximum atomic E-state index is 11.7. The fourth-order valence-corrected chi connectivity index (χ4v) is 2.30. The average molecular weight is 212 g/mol. The Morgan fingerprint density at radius 1 is 1.57 bits per heavy atom. The molecule has 2 N–H and O–H groups in total. The molecule has 1 unspecified atom stereocenters. The van der Waals surface area contributed by atoms with Crippen molar-refractivity contribution < 1.29 is 4.79 Å². The van der Waals surface area contributed by atoms with Crippen molar-refractivity contribution in [1.82, 2.24) is 4.90 Å². The standard InChI is InChI=1S/C10H16N2OS/c1-2-4-9(11)10(13)12-5-3-7-14-8-6-12/h1,9H,3-8,11H2. The molecule has 1 fully saturated rings. The molecule has 0 radical (unpaired) electrons. The molecule has 1 aliphatic rings. The molecule has 3 nitrogen and oxygen atoms in total. The number of hydrogen-bond acceptors (Lipinski definition) is 3. The van der Waals surface area contributed by atoms with Crippen molar-refractivity contribution in [2.24, 2.45) is 5.73 Å². The zero-order valence-electron chi connectivity index (χ0n) is 8.24. The second kappa shape index (κ2) is 5.94. The van der Waals surface area contributed by atoms with Crippen molar-refractivity contribution >= 4 is 17.7 Å². The summed E-state index contributed by atoms with van der Waals surface area (Å²) in [6, 6.07) is -0.511. The number of thioether (sulfide) groups is 1. The van der Waals surface area contributed by atoms with Crippen LogP contribution in [0.2, 0.25) is 0 Å². The quantitative estimate of drug-likeness (QED) is 0.670. The van der Waals surface area contributed by atoms with Gasteiger partial charge in [-0.25, -0.2) is 0 Å². The third kappa shape index (κ3) is 3.24. The lowest BCUT2D eigenvalue weighted by molar-refractivity contribution is -0.132. The molecule has 78 valence electrons. The molecule has 1 amide bonds. The Morgan fingerprint density at radius 2 is 2.36 bits per heavy atom. The topological polar surface area (TPSA) is 46.3 Å². The molecule has 0 aromatic heterocycles. The number of nitrogens with zero attached hydrogens (tertiary/aromatic N) is 1. The Morgan fingerprint density at radius 3 is 3.07 bits per heavy atom. The molecule has 0 bridgehead atoms. The lowest BCUT2D eigenvalue weighted by atomic mass is 10.2. The number of amides is 1. The zero-order valence-corrected chi connectivity index (χ0v) is 9.05. The summed E-state index contributed by atoms with van der Waals surface area (Å²) < 4.78 is 0. The van der Waals surface area contributed by atoms with Crippen LogP contribution in [0.3, 0.4) is 0 Å². The van der Waals surface area contributed by atoms with Crippen LogP contribution in [-0.4, -0.2) is 41.4 Å². The monoisotopic (exact) mass is 212 g/mol. The van der Waals surface area contributed by atoms with Crippen LogP contribution in [0.4, 0.5) is 0 Å². The van der Waals surface area contributed by atoms with Crippen molar-refractivity contribution in [1.29, 1.82) is 0 Å². The van der Waals surface area contributed by atoms with Crippen LogP contribution in [0.15, 0.2) is 0 Å². The third-order valence-corrected chi connectivity index (χ3v) is 3.24. The first-order valence-corrected chi connectivity index (χ1v) is 5.96. The minimum Gasteiger partial charge on any atom is -0.340 e. The minimum atomic E-state index is -0.511. The summed E-state index contributed by atoms with van der Waals surface area (Å²) in [5.41, 5.74) is 5.67. The van der Waals surface area contributed by atoms with Crippen molar-refractivity contribution in [2.45, 2.75) is 18.9 Å². The Labute approximate surface area is 89.4 Å². The number of rotatable bonds is 2. The summed E-state index contributed by atoms with van der Waals surface area (Å²) in [5.74, 6) is 4.57. The van der Waals surface area contributed by atoms with E-state index >= 15 is 0 Å². The molecule has 0 spiro atoms. The number of terminal acetylenes is 1. The normalized spacial score (nSPS) is 19.6. The highest BCUT2D eigenvalue weighted by Crippen LogP contribution is 2.10. The van der Waals surface area contributed by atoms with Gasteiger partial charge in [-0.3, -0.25) is 4.79 Å². The molecule has 0 aromatic carbocycles. The average Bonchev–Trinajstić information content (AvgIpc) is 2.45. The van der Waals surface area contributed by atoms with E-state index in [2.05, 4.69) is 5.92 Å². The van der Waals surface area contributed by atoms with Crippen molar-refractivity contribution in [3.63, 3.8) is 0 Å². The predicted octanol–water partition coefficient (Wildman–Crippen LogP) is 0.302. The van der Waals surface area contributed by atoms with Gasteiger partial charge in [0.1, 0.15) is 0 Å². The maximum absolute atomic E-state index is 11.7. The third-order valence-electron chi connectivity index (χ3n) is 2.19. The lowest BCUT2D eigenvalue weighted by Gasteiger charge is -2.22. The molecule has 4 heteroatoms. The molecule has 1 rings (SSSR count). The largest absolute Gasteiger partial charge is 0.340 e. The van der Waals surface area contributed by atoms with Crippen LogP contribution >= 0.6 is 11.8 Å². The van der Waals surface area contributed by atoms with Gasteiger partial charge in [-0.1, -0.05) is 0 Å². The van der Waals surface area contributed by atoms with Crippen LogP contribution in [-0.2, 0) is 4.79 Å². The predicted molar refractivity (Wildman–Crippen MR) is 59.9 cm³/mol. The Kier molecular flexibility index (Phi) is 4.85. The van der Waals surface area contributed by atoms with E-state index in [9.17, 15) is 4.79 Å². The molecular formula is C10H16N2OS. The van der Waals surface area contributed by atoms with Gasteiger partial charge in [0.25, 0.3) is 0 Å². The van der Waals surface area contributed by atoms with Gasteiger partial charge in [-0.05, 0) is 12.2 Å². The van der Waals surface area contributed by atoms with Gasteiger partial charge >= 0.3 is 0 Å². The molecular weight excluding hydrogens is 196 g/mol. The van der Waals surface area contributed by atoms with Gasteiger partial charge in [-0.2, -0.15) is 11.8 Å². The van der Waals surface area contributed by atoms with Gasteiger partial charge in [-0.15, -0.1) is 12.3 Å². The molecule has 0 aromatic rings. The lowest BCUT2D eigenvalue weighted by Crippen LogP contribution is -2.44. The molecule has 1 heterocycles. The zero-order chi connectivity index (χ0) is 10.4. The first kappa shape index (κ1) is 11.4. The molecule has 1 aliphatic heterocycles. The van der Waals surface area contributed by atoms with E-state index in [4.69, 9.17) is 12.2 Å². The SMILES string of the molecule is C#CCC(N)C(=O)N1CCCSCC1. The highest BCUT2D eigenvalue weighted by molar-refractivity contribution is 7.99. The van der Waals surface area contributed by atoms with E-state index in [1.165, 1.54) is 0 Å². The van der Waals surface area contributed by atoms with Crippen LogP contribution in [0.1, 0.15) is 12.8 Å². The summed E-state index contributed by atoms with van der Waals surface area (Å²) in [6.45, 7) is 1.63. The maximum Gasteiger partial charge on any atom is 0.240 e. The van der Waals surface area contributed by atoms with Gasteiger partial charge in [0.05, 0.1) is 6.04 Å². The molecule has 0 saturated carbocycles. The second-order valence-corrected chi connectivity index (χ2v) is 4.53. The van der Waals surface area contributed by atoms with Gasteiger partial charge < -0.3 is 10.6 Å². The van der Waals surface area contributed by atoms with Crippen molar-refractivity contribution in [3.8, 4) is 12.3 Å². The van der Waals surface area contributed by atoms with Crippen molar-refractivity contribution in [2.75, 3.05) is 24.6 Å². The summed E-state index contributed by atoms with van der Waals surface area (Å²) in [6.07, 6.45) is 6.51. The fraction of sp³-hybridized carbons (Fsp3) is 0.700. The Balaban J connectivity index is 2.45. The summed E-state index contributed by atoms with van der Waals surface area (Å²) in [4.78, 5) is 13.6. The molecule has 14 heavy (non-hydrogen) atoms. The van der Waals surface area contributed by atoms with E-state index in [0.29, 0.717) is 6.42 Å². The number of carbonyl (C=O) groups excluding carboxylic acids is 1. The Bertz CT molecular complexity index is 229. The molecule has 0 aliphatic carbocycles. The van der Waals surface area contributed by atoms with E-state index < -0.39 is 6.04 Å². The molecule has 1 saturated heterocycles. The van der Waals surface area contributed by atoms with E-state index in [0.717, 1.165) is 31.0 Å². The van der Waals surface area contributed by atoms with E-state index in [1.54, 1.807) is 0 Å². The molecule has 1 atom stereocenters. The Hall–Kier alpha value is -0.660. The van der Waals surface area contributed by atoms with Crippen LogP contribution in [0.5, 0.6) is 0 Å². The van der Waals surface area contributed by atoms with Gasteiger partial charge in [0.15, 0.2) is 0 Å². The first-order chi connectivity index (χ1) is 6.75. The minimum absolute atomic E-state index is 0.00505. The van der Waals surface area contributed by atoms with Gasteiger partial charge in [0.2, 0.25) is 5.91 Å². The number of hydrogen-bond donors (Lipinski definition) is 1. The number of carbonyl (C=O) groups is 1. The van der Waals surface area contributed by atoms with Crippen LogP contribution < -0.4 is 5.73 Å². The van der Waals surface area contributed by atoms with Crippen LogP contribution in [0, 0.1) is 12.3 Å². The van der Waals surface area contributed by atoms with Gasteiger partial charge in [0, 0.05) is 25.3 Å². The van der Waals surface area contributed by atoms with E-state index in [-0.39, 0.29) is 5.91 Å². The highest BCUT2D eigenvalue weighted by atomic mass is 32.2. The smallest absolute Gasteiger partial charge is 0.240 e. The summed E-state index contributed by atoms with van der Waals surface area (Å²) in [5, 5.41) is 0. The van der Waals surface area contributed by atoms with Crippen LogP contribution in [0.25, 0.3) is 0 Å². The number of nitrogens with two attached hydrogens (primary N) is 1.